The van der Waals surface area contributed by atoms with Crippen molar-refractivity contribution in [3.05, 3.63) is 30.2 Å². The third-order valence-electron chi connectivity index (χ3n) is 7.62. The molecule has 2 aromatic heterocycles. The first-order chi connectivity index (χ1) is 16.5. The number of nitrogens with zero attached hydrogens (tertiary/aromatic N) is 4. The molecule has 3 aliphatic rings. The quantitative estimate of drug-likeness (QED) is 0.623. The van der Waals surface area contributed by atoms with E-state index in [1.165, 1.54) is 0 Å². The number of aryl methyl sites for hydroxylation is 2. The summed E-state index contributed by atoms with van der Waals surface area (Å²) in [5.41, 5.74) is 3.93. The van der Waals surface area contributed by atoms with Gasteiger partial charge in [0.2, 0.25) is 5.91 Å². The predicted molar refractivity (Wildman–Crippen MR) is 126 cm³/mol. The Morgan fingerprint density at radius 1 is 1.26 bits per heavy atom. The molecule has 0 radical (unpaired) electrons. The number of benzene rings is 1. The van der Waals surface area contributed by atoms with E-state index in [4.69, 9.17) is 19.3 Å². The van der Waals surface area contributed by atoms with Gasteiger partial charge in [-0.25, -0.2) is 0 Å². The molecule has 0 unspecified atom stereocenters. The van der Waals surface area contributed by atoms with Crippen molar-refractivity contribution in [3.8, 4) is 16.9 Å². The Labute approximate surface area is 198 Å². The van der Waals surface area contributed by atoms with E-state index < -0.39 is 0 Å². The van der Waals surface area contributed by atoms with Crippen LogP contribution in [0.2, 0.25) is 0 Å². The van der Waals surface area contributed by atoms with E-state index in [1.54, 1.807) is 0 Å². The number of ether oxygens (including phenoxy) is 3. The van der Waals surface area contributed by atoms with Crippen molar-refractivity contribution >= 4 is 16.8 Å². The largest absolute Gasteiger partial charge is 0.490 e. The Balaban J connectivity index is 1.33. The molecule has 0 aliphatic carbocycles. The third-order valence-corrected chi connectivity index (χ3v) is 7.62. The zero-order chi connectivity index (χ0) is 23.4. The van der Waals surface area contributed by atoms with Crippen molar-refractivity contribution < 1.29 is 19.0 Å². The fourth-order valence-electron chi connectivity index (χ4n) is 5.48. The molecule has 3 aliphatic heterocycles. The molecule has 6 rings (SSSR count). The number of aromatic nitrogens is 4. The van der Waals surface area contributed by atoms with Crippen LogP contribution in [0.25, 0.3) is 22.0 Å². The maximum Gasteiger partial charge on any atom is 0.220 e. The molecule has 9 heteroatoms. The number of amides is 1. The van der Waals surface area contributed by atoms with E-state index in [9.17, 15) is 4.79 Å². The smallest absolute Gasteiger partial charge is 0.220 e. The van der Waals surface area contributed by atoms with Gasteiger partial charge in [0, 0.05) is 50.0 Å². The molecule has 34 heavy (non-hydrogen) atoms. The summed E-state index contributed by atoms with van der Waals surface area (Å²) >= 11 is 0. The van der Waals surface area contributed by atoms with Crippen molar-refractivity contribution in [2.24, 2.45) is 13.0 Å². The SMILES string of the molecule is Cc1c2c(O[C@H](C)[C@@H]3CNC(=O)C3)cc(-c3cnn([C@H]4CO[C@@H]5CCCO[C@@H]54)c3)cc2nn1C. The second-order valence-corrected chi connectivity index (χ2v) is 9.79. The van der Waals surface area contributed by atoms with E-state index in [1.807, 2.05) is 36.5 Å². The lowest BCUT2D eigenvalue weighted by Crippen LogP contribution is -2.35. The van der Waals surface area contributed by atoms with Crippen LogP contribution in [0, 0.1) is 12.8 Å². The first-order valence-corrected chi connectivity index (χ1v) is 12.2. The van der Waals surface area contributed by atoms with Gasteiger partial charge in [0.25, 0.3) is 0 Å². The Hall–Kier alpha value is -2.91. The summed E-state index contributed by atoms with van der Waals surface area (Å²) in [5, 5.41) is 13.3. The van der Waals surface area contributed by atoms with E-state index in [-0.39, 0.29) is 36.2 Å². The van der Waals surface area contributed by atoms with Crippen LogP contribution in [0.3, 0.4) is 0 Å². The lowest BCUT2D eigenvalue weighted by atomic mass is 10.0. The lowest BCUT2D eigenvalue weighted by Gasteiger charge is -2.27. The van der Waals surface area contributed by atoms with Crippen molar-refractivity contribution in [1.29, 1.82) is 0 Å². The molecular weight excluding hydrogens is 434 g/mol. The highest BCUT2D eigenvalue weighted by Crippen LogP contribution is 2.37. The third kappa shape index (κ3) is 3.67. The molecule has 9 nitrogen and oxygen atoms in total. The number of hydrogen-bond acceptors (Lipinski definition) is 6. The Kier molecular flexibility index (Phi) is 5.33. The Morgan fingerprint density at radius 3 is 2.97 bits per heavy atom. The molecule has 5 heterocycles. The van der Waals surface area contributed by atoms with Gasteiger partial charge in [0.1, 0.15) is 24.0 Å². The summed E-state index contributed by atoms with van der Waals surface area (Å²) in [6, 6.07) is 4.25. The van der Waals surface area contributed by atoms with Gasteiger partial charge >= 0.3 is 0 Å². The minimum atomic E-state index is -0.101. The summed E-state index contributed by atoms with van der Waals surface area (Å²) in [6.07, 6.45) is 6.67. The first kappa shape index (κ1) is 21.6. The molecule has 1 aromatic carbocycles. The van der Waals surface area contributed by atoms with Crippen molar-refractivity contribution in [2.75, 3.05) is 19.8 Å². The fourth-order valence-corrected chi connectivity index (χ4v) is 5.48. The monoisotopic (exact) mass is 465 g/mol. The molecule has 3 aromatic rings. The van der Waals surface area contributed by atoms with Crippen molar-refractivity contribution in [2.45, 2.75) is 57.5 Å². The number of fused-ring (bicyclic) bond motifs is 2. The van der Waals surface area contributed by atoms with E-state index in [0.717, 1.165) is 52.9 Å². The summed E-state index contributed by atoms with van der Waals surface area (Å²) in [4.78, 5) is 11.7. The second kappa shape index (κ2) is 8.39. The van der Waals surface area contributed by atoms with Gasteiger partial charge in [-0.1, -0.05) is 0 Å². The van der Waals surface area contributed by atoms with Gasteiger partial charge in [-0.15, -0.1) is 0 Å². The summed E-state index contributed by atoms with van der Waals surface area (Å²) in [6.45, 7) is 6.13. The zero-order valence-electron chi connectivity index (χ0n) is 19.9. The van der Waals surface area contributed by atoms with Gasteiger partial charge < -0.3 is 19.5 Å². The normalized spacial score (nSPS) is 27.7. The molecule has 0 saturated carbocycles. The number of nitrogens with one attached hydrogen (secondary N) is 1. The molecule has 0 bridgehead atoms. The van der Waals surface area contributed by atoms with Gasteiger partial charge in [0.15, 0.2) is 0 Å². The highest BCUT2D eigenvalue weighted by atomic mass is 16.6. The molecule has 1 N–H and O–H groups in total. The molecule has 180 valence electrons. The predicted octanol–water partition coefficient (Wildman–Crippen LogP) is 2.77. The highest BCUT2D eigenvalue weighted by molar-refractivity contribution is 5.92. The molecule has 3 fully saturated rings. The minimum absolute atomic E-state index is 0.0601. The molecular formula is C25H31N5O4. The molecule has 0 spiro atoms. The molecule has 3 saturated heterocycles. The van der Waals surface area contributed by atoms with Crippen LogP contribution in [0.1, 0.15) is 37.9 Å². The Bertz CT molecular complexity index is 1230. The Morgan fingerprint density at radius 2 is 2.15 bits per heavy atom. The highest BCUT2D eigenvalue weighted by Gasteiger charge is 2.41. The van der Waals surface area contributed by atoms with Crippen LogP contribution in [0.5, 0.6) is 5.75 Å². The van der Waals surface area contributed by atoms with Crippen LogP contribution >= 0.6 is 0 Å². The molecule has 5 atom stereocenters. The van der Waals surface area contributed by atoms with Crippen LogP contribution in [0.15, 0.2) is 24.5 Å². The van der Waals surface area contributed by atoms with Crippen molar-refractivity contribution in [1.82, 2.24) is 24.9 Å². The standard InChI is InChI=1S/C25H31N5O4/c1-14-24-19(28-29(14)3)7-16(8-22(24)34-15(2)17-9-23(31)26-10-17)18-11-27-30(12-18)20-13-33-21-5-4-6-32-25(20)21/h7-8,11-12,15,17,20-21,25H,4-6,9-10,13H2,1-3H3,(H,26,31)/t15-,17+,20+,21-,25-/m1/s1. The van der Waals surface area contributed by atoms with Gasteiger partial charge in [-0.2, -0.15) is 10.2 Å². The maximum atomic E-state index is 11.7. The van der Waals surface area contributed by atoms with E-state index in [0.29, 0.717) is 19.6 Å². The summed E-state index contributed by atoms with van der Waals surface area (Å²) in [5.74, 6) is 1.03. The van der Waals surface area contributed by atoms with Gasteiger partial charge in [-0.3, -0.25) is 14.2 Å². The number of hydrogen-bond donors (Lipinski definition) is 1. The second-order valence-electron chi connectivity index (χ2n) is 9.79. The maximum absolute atomic E-state index is 11.7. The zero-order valence-corrected chi connectivity index (χ0v) is 19.9. The average molecular weight is 466 g/mol. The van der Waals surface area contributed by atoms with Crippen LogP contribution in [-0.4, -0.2) is 63.5 Å². The number of rotatable bonds is 5. The summed E-state index contributed by atoms with van der Waals surface area (Å²) < 4.78 is 22.4. The average Bonchev–Trinajstić information content (AvgIpc) is 3.60. The van der Waals surface area contributed by atoms with Crippen LogP contribution in [0.4, 0.5) is 0 Å². The van der Waals surface area contributed by atoms with Crippen LogP contribution < -0.4 is 10.1 Å². The fraction of sp³-hybridized carbons (Fsp3) is 0.560. The van der Waals surface area contributed by atoms with Gasteiger partial charge in [0.05, 0.1) is 29.8 Å². The number of carbonyl (C=O) groups is 1. The topological polar surface area (TPSA) is 92.4 Å². The number of carbonyl (C=O) groups excluding carboxylic acids is 1. The van der Waals surface area contributed by atoms with Gasteiger partial charge in [-0.05, 0) is 44.4 Å². The van der Waals surface area contributed by atoms with E-state index in [2.05, 4.69) is 28.7 Å². The van der Waals surface area contributed by atoms with Crippen LogP contribution in [-0.2, 0) is 21.3 Å². The molecule has 1 amide bonds. The first-order valence-electron chi connectivity index (χ1n) is 12.2. The lowest BCUT2D eigenvalue weighted by molar-refractivity contribution is -0.119. The summed E-state index contributed by atoms with van der Waals surface area (Å²) in [7, 11) is 1.94. The minimum Gasteiger partial charge on any atom is -0.490 e. The van der Waals surface area contributed by atoms with Crippen molar-refractivity contribution in [3.63, 3.8) is 0 Å². The van der Waals surface area contributed by atoms with E-state index >= 15 is 0 Å².